The minimum absolute atomic E-state index is 0.0588. The van der Waals surface area contributed by atoms with Gasteiger partial charge in [0, 0.05) is 11.5 Å². The fraction of sp³-hybridized carbons (Fsp3) is 0.455. The topological polar surface area (TPSA) is 72.3 Å². The van der Waals surface area contributed by atoms with Crippen LogP contribution < -0.4 is 0 Å². The molecular formula is C11H12N2O3S. The molecule has 5 nitrogen and oxygen atoms in total. The molecule has 0 aliphatic carbocycles. The van der Waals surface area contributed by atoms with Crippen molar-refractivity contribution in [2.75, 3.05) is 11.5 Å². The maximum atomic E-state index is 9.76. The highest BCUT2D eigenvalue weighted by Gasteiger charge is 2.32. The molecule has 3 rings (SSSR count). The Bertz CT molecular complexity index is 522. The normalized spacial score (nSPS) is 24.4. The lowest BCUT2D eigenvalue weighted by Crippen LogP contribution is -2.15. The molecule has 90 valence electrons. The third-order valence-electron chi connectivity index (χ3n) is 2.87. The van der Waals surface area contributed by atoms with Crippen LogP contribution >= 0.6 is 11.8 Å². The fourth-order valence-electron chi connectivity index (χ4n) is 1.86. The van der Waals surface area contributed by atoms with Crippen molar-refractivity contribution in [2.24, 2.45) is 0 Å². The van der Waals surface area contributed by atoms with E-state index in [1.165, 1.54) is 0 Å². The number of aromatic nitrogens is 2. The first kappa shape index (κ1) is 10.9. The average molecular weight is 252 g/mol. The second-order valence-electron chi connectivity index (χ2n) is 4.10. The molecule has 1 fully saturated rings. The summed E-state index contributed by atoms with van der Waals surface area (Å²) in [5.41, 5.74) is 0.971. The molecule has 3 heterocycles. The van der Waals surface area contributed by atoms with E-state index in [2.05, 4.69) is 10.1 Å². The average Bonchev–Trinajstić information content (AvgIpc) is 2.97. The summed E-state index contributed by atoms with van der Waals surface area (Å²) in [4.78, 5) is 4.30. The summed E-state index contributed by atoms with van der Waals surface area (Å²) < 4.78 is 10.5. The predicted octanol–water partition coefficient (Wildman–Crippen LogP) is 1.83. The number of hydrogen-bond acceptors (Lipinski definition) is 6. The fourth-order valence-corrected chi connectivity index (χ4v) is 3.09. The second kappa shape index (κ2) is 4.19. The Morgan fingerprint density at radius 2 is 2.35 bits per heavy atom. The lowest BCUT2D eigenvalue weighted by atomic mass is 10.1. The van der Waals surface area contributed by atoms with Crippen LogP contribution in [0.5, 0.6) is 0 Å². The van der Waals surface area contributed by atoms with Gasteiger partial charge in [0.2, 0.25) is 11.7 Å². The Kier molecular flexibility index (Phi) is 2.68. The van der Waals surface area contributed by atoms with E-state index in [-0.39, 0.29) is 5.92 Å². The smallest absolute Gasteiger partial charge is 0.238 e. The van der Waals surface area contributed by atoms with Gasteiger partial charge in [-0.25, -0.2) is 0 Å². The standard InChI is InChI=1S/C11H12N2O3S/c1-6-2-3-15-9(6)10-12-11(16-13-10)7-4-17-5-8(7)14/h2-3,7-8,14H,4-5H2,1H3. The van der Waals surface area contributed by atoms with Crippen LogP contribution in [0.4, 0.5) is 0 Å². The molecule has 0 bridgehead atoms. The Morgan fingerprint density at radius 3 is 3.00 bits per heavy atom. The van der Waals surface area contributed by atoms with Crippen molar-refractivity contribution in [3.05, 3.63) is 23.8 Å². The van der Waals surface area contributed by atoms with Gasteiger partial charge in [0.1, 0.15) is 0 Å². The highest BCUT2D eigenvalue weighted by molar-refractivity contribution is 7.99. The molecule has 0 saturated carbocycles. The molecule has 0 amide bonds. The molecule has 0 radical (unpaired) electrons. The molecule has 2 unspecified atom stereocenters. The minimum Gasteiger partial charge on any atom is -0.461 e. The highest BCUT2D eigenvalue weighted by atomic mass is 32.2. The SMILES string of the molecule is Cc1ccoc1-c1noc(C2CSCC2O)n1. The molecular weight excluding hydrogens is 240 g/mol. The van der Waals surface area contributed by atoms with Crippen molar-refractivity contribution < 1.29 is 14.0 Å². The monoisotopic (exact) mass is 252 g/mol. The van der Waals surface area contributed by atoms with E-state index in [1.54, 1.807) is 18.0 Å². The summed E-state index contributed by atoms with van der Waals surface area (Å²) in [5, 5.41) is 13.7. The van der Waals surface area contributed by atoms with Crippen LogP contribution in [0.25, 0.3) is 11.6 Å². The van der Waals surface area contributed by atoms with E-state index in [9.17, 15) is 5.11 Å². The zero-order valence-electron chi connectivity index (χ0n) is 9.29. The molecule has 6 heteroatoms. The third-order valence-corrected chi connectivity index (χ3v) is 4.05. The van der Waals surface area contributed by atoms with Gasteiger partial charge in [-0.3, -0.25) is 0 Å². The number of hydrogen-bond donors (Lipinski definition) is 1. The summed E-state index contributed by atoms with van der Waals surface area (Å²) in [6.07, 6.45) is 1.20. The summed E-state index contributed by atoms with van der Waals surface area (Å²) in [6.45, 7) is 1.93. The molecule has 0 spiro atoms. The van der Waals surface area contributed by atoms with E-state index >= 15 is 0 Å². The molecule has 17 heavy (non-hydrogen) atoms. The molecule has 2 atom stereocenters. The van der Waals surface area contributed by atoms with Crippen LogP contribution in [-0.4, -0.2) is 32.9 Å². The summed E-state index contributed by atoms with van der Waals surface area (Å²) >= 11 is 1.69. The predicted molar refractivity (Wildman–Crippen MR) is 62.8 cm³/mol. The van der Waals surface area contributed by atoms with E-state index in [0.717, 1.165) is 17.1 Å². The number of nitrogens with zero attached hydrogens (tertiary/aromatic N) is 2. The zero-order chi connectivity index (χ0) is 11.8. The molecule has 0 aromatic carbocycles. The molecule has 2 aromatic rings. The van der Waals surface area contributed by atoms with Crippen LogP contribution in [0.2, 0.25) is 0 Å². The zero-order valence-corrected chi connectivity index (χ0v) is 10.1. The van der Waals surface area contributed by atoms with Crippen molar-refractivity contribution in [3.8, 4) is 11.6 Å². The first-order chi connectivity index (χ1) is 8.25. The van der Waals surface area contributed by atoms with Crippen LogP contribution in [0.1, 0.15) is 17.4 Å². The van der Waals surface area contributed by atoms with E-state index in [1.807, 2.05) is 13.0 Å². The van der Waals surface area contributed by atoms with Crippen molar-refractivity contribution in [3.63, 3.8) is 0 Å². The molecule has 1 aliphatic rings. The van der Waals surface area contributed by atoms with Gasteiger partial charge in [-0.05, 0) is 18.6 Å². The number of aryl methyl sites for hydroxylation is 1. The maximum Gasteiger partial charge on any atom is 0.238 e. The van der Waals surface area contributed by atoms with E-state index in [0.29, 0.717) is 17.5 Å². The number of furan rings is 1. The van der Waals surface area contributed by atoms with Gasteiger partial charge < -0.3 is 14.0 Å². The Balaban J connectivity index is 1.90. The summed E-state index contributed by atoms with van der Waals surface area (Å²) in [7, 11) is 0. The van der Waals surface area contributed by atoms with Gasteiger partial charge >= 0.3 is 0 Å². The van der Waals surface area contributed by atoms with Crippen LogP contribution in [0.15, 0.2) is 21.3 Å². The van der Waals surface area contributed by atoms with Gasteiger partial charge in [-0.15, -0.1) is 0 Å². The van der Waals surface area contributed by atoms with Crippen molar-refractivity contribution in [1.29, 1.82) is 0 Å². The second-order valence-corrected chi connectivity index (χ2v) is 5.18. The largest absolute Gasteiger partial charge is 0.461 e. The third kappa shape index (κ3) is 1.87. The maximum absolute atomic E-state index is 9.76. The van der Waals surface area contributed by atoms with Gasteiger partial charge in [0.15, 0.2) is 5.76 Å². The summed E-state index contributed by atoms with van der Waals surface area (Å²) in [5.74, 6) is 3.05. The van der Waals surface area contributed by atoms with Gasteiger partial charge in [-0.1, -0.05) is 5.16 Å². The van der Waals surface area contributed by atoms with Gasteiger partial charge in [0.25, 0.3) is 0 Å². The van der Waals surface area contributed by atoms with Gasteiger partial charge in [0.05, 0.1) is 18.3 Å². The molecule has 2 aromatic heterocycles. The Morgan fingerprint density at radius 1 is 1.47 bits per heavy atom. The van der Waals surface area contributed by atoms with Crippen molar-refractivity contribution in [1.82, 2.24) is 10.1 Å². The molecule has 1 aliphatic heterocycles. The van der Waals surface area contributed by atoms with Crippen molar-refractivity contribution in [2.45, 2.75) is 18.9 Å². The lowest BCUT2D eigenvalue weighted by Gasteiger charge is -2.06. The number of thioether (sulfide) groups is 1. The Hall–Kier alpha value is -1.27. The molecule has 1 N–H and O–H groups in total. The number of aliphatic hydroxyl groups excluding tert-OH is 1. The van der Waals surface area contributed by atoms with Crippen molar-refractivity contribution >= 4 is 11.8 Å². The van der Waals surface area contributed by atoms with Gasteiger partial charge in [-0.2, -0.15) is 16.7 Å². The van der Waals surface area contributed by atoms with E-state index < -0.39 is 6.10 Å². The van der Waals surface area contributed by atoms with Crippen LogP contribution in [0, 0.1) is 6.92 Å². The molecule has 1 saturated heterocycles. The lowest BCUT2D eigenvalue weighted by molar-refractivity contribution is 0.164. The highest BCUT2D eigenvalue weighted by Crippen LogP contribution is 2.33. The summed E-state index contributed by atoms with van der Waals surface area (Å²) in [6, 6.07) is 1.85. The first-order valence-corrected chi connectivity index (χ1v) is 6.55. The minimum atomic E-state index is -0.397. The quantitative estimate of drug-likeness (QED) is 0.879. The van der Waals surface area contributed by atoms with Crippen LogP contribution in [0.3, 0.4) is 0 Å². The Labute approximate surface area is 102 Å². The van der Waals surface area contributed by atoms with Crippen LogP contribution in [-0.2, 0) is 0 Å². The number of rotatable bonds is 2. The van der Waals surface area contributed by atoms with E-state index in [4.69, 9.17) is 8.94 Å². The first-order valence-electron chi connectivity index (χ1n) is 5.39. The number of aliphatic hydroxyl groups is 1.